The van der Waals surface area contributed by atoms with E-state index in [0.29, 0.717) is 6.08 Å². The van der Waals surface area contributed by atoms with E-state index in [1.54, 1.807) is 0 Å². The van der Waals surface area contributed by atoms with Gasteiger partial charge < -0.3 is 5.11 Å². The molecule has 2 nitrogen and oxygen atoms in total. The van der Waals surface area contributed by atoms with Crippen molar-refractivity contribution in [2.24, 2.45) is 5.92 Å². The van der Waals surface area contributed by atoms with Crippen LogP contribution in [0, 0.1) is 5.92 Å². The molecule has 0 saturated carbocycles. The van der Waals surface area contributed by atoms with E-state index >= 15 is 0 Å². The van der Waals surface area contributed by atoms with Crippen molar-refractivity contribution in [3.8, 4) is 0 Å². The number of rotatable bonds is 5. The first kappa shape index (κ1) is 13.9. The van der Waals surface area contributed by atoms with Crippen molar-refractivity contribution in [2.45, 2.75) is 25.9 Å². The zero-order valence-corrected chi connectivity index (χ0v) is 8.14. The van der Waals surface area contributed by atoms with Gasteiger partial charge in [-0.1, -0.05) is 6.92 Å². The Morgan fingerprint density at radius 1 is 1.47 bits per heavy atom. The molecule has 6 heteroatoms. The predicted molar refractivity (Wildman–Crippen MR) is 46.1 cm³/mol. The molecule has 1 N–H and O–H groups in total. The Kier molecular flexibility index (Phi) is 5.32. The number of allylic oxidation sites excluding steroid dienone is 2. The van der Waals surface area contributed by atoms with Crippen molar-refractivity contribution in [3.63, 3.8) is 0 Å². The smallest absolute Gasteiger partial charge is 0.389 e. The zero-order valence-electron chi connectivity index (χ0n) is 8.14. The van der Waals surface area contributed by atoms with Crippen LogP contribution >= 0.6 is 0 Å². The molecule has 0 radical (unpaired) electrons. The largest absolute Gasteiger partial charge is 0.512 e. The van der Waals surface area contributed by atoms with Crippen molar-refractivity contribution in [1.82, 2.24) is 0 Å². The summed E-state index contributed by atoms with van der Waals surface area (Å²) >= 11 is 0. The van der Waals surface area contributed by atoms with Crippen molar-refractivity contribution >= 4 is 5.78 Å². The molecule has 88 valence electrons. The third kappa shape index (κ3) is 6.09. The van der Waals surface area contributed by atoms with Gasteiger partial charge in [0.05, 0.1) is 12.2 Å². The first-order chi connectivity index (χ1) is 6.80. The van der Waals surface area contributed by atoms with Crippen LogP contribution in [0.4, 0.5) is 17.6 Å². The standard InChI is InChI=1S/C9H12F4O2/c1-2-6(4-9(11,12)13)8(15)3-7(14)5-10/h3,6,15H,2,4-5H2,1H3/b8-3-. The van der Waals surface area contributed by atoms with Crippen LogP contribution in [-0.2, 0) is 4.79 Å². The second-order valence-corrected chi connectivity index (χ2v) is 3.09. The van der Waals surface area contributed by atoms with Gasteiger partial charge in [0.1, 0.15) is 0 Å². The Labute approximate surface area is 84.6 Å². The minimum Gasteiger partial charge on any atom is -0.512 e. The summed E-state index contributed by atoms with van der Waals surface area (Å²) in [6, 6.07) is 0. The van der Waals surface area contributed by atoms with E-state index in [-0.39, 0.29) is 6.42 Å². The van der Waals surface area contributed by atoms with Gasteiger partial charge in [-0.25, -0.2) is 4.39 Å². The van der Waals surface area contributed by atoms with Gasteiger partial charge in [-0.05, 0) is 6.42 Å². The highest BCUT2D eigenvalue weighted by Crippen LogP contribution is 2.29. The number of aliphatic hydroxyl groups is 1. The Balaban J connectivity index is 4.54. The number of halogens is 4. The van der Waals surface area contributed by atoms with Crippen LogP contribution in [0.3, 0.4) is 0 Å². The molecule has 0 aromatic rings. The Morgan fingerprint density at radius 3 is 2.33 bits per heavy atom. The fourth-order valence-electron chi connectivity index (χ4n) is 1.06. The van der Waals surface area contributed by atoms with Gasteiger partial charge in [0, 0.05) is 12.0 Å². The molecule has 1 atom stereocenters. The molecule has 0 saturated heterocycles. The van der Waals surface area contributed by atoms with Crippen molar-refractivity contribution in [1.29, 1.82) is 0 Å². The van der Waals surface area contributed by atoms with Gasteiger partial charge in [0.2, 0.25) is 0 Å². The average Bonchev–Trinajstić information content (AvgIpc) is 2.12. The number of hydrogen-bond acceptors (Lipinski definition) is 2. The van der Waals surface area contributed by atoms with E-state index in [1.807, 2.05) is 0 Å². The predicted octanol–water partition coefficient (Wildman–Crippen LogP) is 2.95. The van der Waals surface area contributed by atoms with Crippen LogP contribution in [0.25, 0.3) is 0 Å². The summed E-state index contributed by atoms with van der Waals surface area (Å²) in [5.74, 6) is -2.92. The third-order valence-electron chi connectivity index (χ3n) is 1.83. The highest BCUT2D eigenvalue weighted by atomic mass is 19.4. The summed E-state index contributed by atoms with van der Waals surface area (Å²) in [5, 5.41) is 9.15. The van der Waals surface area contributed by atoms with E-state index in [4.69, 9.17) is 5.11 Å². The maximum atomic E-state index is 12.0. The van der Waals surface area contributed by atoms with Gasteiger partial charge in [0.25, 0.3) is 0 Å². The van der Waals surface area contributed by atoms with Crippen LogP contribution in [0.1, 0.15) is 19.8 Å². The summed E-state index contributed by atoms with van der Waals surface area (Å²) in [4.78, 5) is 10.5. The quantitative estimate of drug-likeness (QED) is 0.446. The summed E-state index contributed by atoms with van der Waals surface area (Å²) in [6.07, 6.45) is -5.09. The zero-order chi connectivity index (χ0) is 12.1. The lowest BCUT2D eigenvalue weighted by Crippen LogP contribution is -2.17. The van der Waals surface area contributed by atoms with Crippen LogP contribution in [0.2, 0.25) is 0 Å². The molecule has 0 aliphatic rings. The number of aliphatic hydroxyl groups excluding tert-OH is 1. The number of alkyl halides is 4. The molecule has 0 aromatic heterocycles. The Morgan fingerprint density at radius 2 is 2.00 bits per heavy atom. The molecule has 0 heterocycles. The fraction of sp³-hybridized carbons (Fsp3) is 0.667. The molecule has 0 rings (SSSR count). The van der Waals surface area contributed by atoms with Gasteiger partial charge in [-0.2, -0.15) is 13.2 Å². The third-order valence-corrected chi connectivity index (χ3v) is 1.83. The highest BCUT2D eigenvalue weighted by Gasteiger charge is 2.32. The van der Waals surface area contributed by atoms with E-state index in [2.05, 4.69) is 0 Å². The van der Waals surface area contributed by atoms with E-state index < -0.39 is 36.7 Å². The van der Waals surface area contributed by atoms with Crippen LogP contribution in [0.5, 0.6) is 0 Å². The molecule has 0 bridgehead atoms. The molecule has 0 aromatic carbocycles. The van der Waals surface area contributed by atoms with Gasteiger partial charge in [-0.15, -0.1) is 0 Å². The van der Waals surface area contributed by atoms with Crippen LogP contribution < -0.4 is 0 Å². The lowest BCUT2D eigenvalue weighted by atomic mass is 9.99. The van der Waals surface area contributed by atoms with E-state index in [0.717, 1.165) is 0 Å². The Hall–Kier alpha value is -1.07. The first-order valence-electron chi connectivity index (χ1n) is 4.36. The van der Waals surface area contributed by atoms with Gasteiger partial charge >= 0.3 is 6.18 Å². The van der Waals surface area contributed by atoms with Crippen LogP contribution in [0.15, 0.2) is 11.8 Å². The normalized spacial score (nSPS) is 15.1. The molecule has 0 spiro atoms. The summed E-state index contributed by atoms with van der Waals surface area (Å²) in [6.45, 7) is 0.118. The lowest BCUT2D eigenvalue weighted by Gasteiger charge is -2.15. The summed E-state index contributed by atoms with van der Waals surface area (Å²) < 4.78 is 47.6. The minimum atomic E-state index is -4.42. The maximum absolute atomic E-state index is 12.0. The monoisotopic (exact) mass is 228 g/mol. The lowest BCUT2D eigenvalue weighted by molar-refractivity contribution is -0.144. The molecular weight excluding hydrogens is 216 g/mol. The highest BCUT2D eigenvalue weighted by molar-refractivity contribution is 5.91. The number of carbonyl (C=O) groups is 1. The van der Waals surface area contributed by atoms with Crippen LogP contribution in [-0.4, -0.2) is 23.7 Å². The summed E-state index contributed by atoms with van der Waals surface area (Å²) in [5.41, 5.74) is 0. The van der Waals surface area contributed by atoms with E-state index in [1.165, 1.54) is 6.92 Å². The molecule has 0 fully saturated rings. The minimum absolute atomic E-state index is 0.0292. The number of carbonyl (C=O) groups excluding carboxylic acids is 1. The van der Waals surface area contributed by atoms with E-state index in [9.17, 15) is 22.4 Å². The average molecular weight is 228 g/mol. The maximum Gasteiger partial charge on any atom is 0.389 e. The Bertz CT molecular complexity index is 245. The molecule has 0 amide bonds. The molecular formula is C9H12F4O2. The number of hydrogen-bond donors (Lipinski definition) is 1. The topological polar surface area (TPSA) is 37.3 Å². The molecule has 15 heavy (non-hydrogen) atoms. The fourth-order valence-corrected chi connectivity index (χ4v) is 1.06. The molecule has 0 aliphatic carbocycles. The van der Waals surface area contributed by atoms with Crippen molar-refractivity contribution in [3.05, 3.63) is 11.8 Å². The van der Waals surface area contributed by atoms with Crippen molar-refractivity contribution < 1.29 is 27.5 Å². The second-order valence-electron chi connectivity index (χ2n) is 3.09. The van der Waals surface area contributed by atoms with Gasteiger partial charge in [0.15, 0.2) is 12.5 Å². The number of ketones is 1. The summed E-state index contributed by atoms with van der Waals surface area (Å²) in [7, 11) is 0. The molecule has 1 unspecified atom stereocenters. The second kappa shape index (κ2) is 5.72. The SMILES string of the molecule is CCC(CC(F)(F)F)/C(O)=C/C(=O)CF. The first-order valence-corrected chi connectivity index (χ1v) is 4.36. The molecule has 0 aliphatic heterocycles. The van der Waals surface area contributed by atoms with Crippen molar-refractivity contribution in [2.75, 3.05) is 6.67 Å². The van der Waals surface area contributed by atoms with Gasteiger partial charge in [-0.3, -0.25) is 4.79 Å².